The second-order valence-electron chi connectivity index (χ2n) is 13.5. The van der Waals surface area contributed by atoms with Gasteiger partial charge in [0.2, 0.25) is 6.29 Å². The summed E-state index contributed by atoms with van der Waals surface area (Å²) in [7, 11) is 0. The Bertz CT molecular complexity index is 1230. The molecule has 0 saturated heterocycles. The van der Waals surface area contributed by atoms with Crippen molar-refractivity contribution in [3.63, 3.8) is 0 Å². The van der Waals surface area contributed by atoms with Crippen molar-refractivity contribution in [2.45, 2.75) is 100 Å². The number of benzene rings is 2. The Labute approximate surface area is 270 Å². The Morgan fingerprint density at radius 2 is 1.42 bits per heavy atom. The number of hydrogen-bond acceptors (Lipinski definition) is 7. The minimum Gasteiger partial charge on any atom is -0.425 e. The lowest BCUT2D eigenvalue weighted by atomic mass is 9.92. The highest BCUT2D eigenvalue weighted by Crippen LogP contribution is 2.34. The highest BCUT2D eigenvalue weighted by Gasteiger charge is 2.28. The van der Waals surface area contributed by atoms with Crippen molar-refractivity contribution >= 4 is 35.0 Å². The molecule has 0 aliphatic rings. The molecule has 3 atom stereocenters. The standard InChI is InChI=1S/C36H56N4O5/c1-11-27(19-32(41)44-35(25(8)9)45-34(42)33(37)24(6)7)28-14-17-31(40(20-22(2)3)21-23(4)5)30(18-28)39-36(43)38-29-15-12-26(10)13-16-29/h12-18,22-25,27,33,35H,11,19-21,37H2,1-10H3,(H2,38,39,43)/t27?,33-,35?/m0/s1. The van der Waals surface area contributed by atoms with Crippen molar-refractivity contribution < 1.29 is 23.9 Å². The fourth-order valence-electron chi connectivity index (χ4n) is 4.90. The highest BCUT2D eigenvalue weighted by atomic mass is 16.7. The highest BCUT2D eigenvalue weighted by molar-refractivity contribution is 6.02. The van der Waals surface area contributed by atoms with Gasteiger partial charge in [-0.2, -0.15) is 0 Å². The van der Waals surface area contributed by atoms with E-state index in [0.717, 1.165) is 29.9 Å². The van der Waals surface area contributed by atoms with E-state index in [4.69, 9.17) is 15.2 Å². The lowest BCUT2D eigenvalue weighted by Crippen LogP contribution is -2.41. The van der Waals surface area contributed by atoms with E-state index < -0.39 is 24.3 Å². The largest absolute Gasteiger partial charge is 0.425 e. The molecule has 2 amide bonds. The van der Waals surface area contributed by atoms with Crippen LogP contribution in [0.3, 0.4) is 0 Å². The Morgan fingerprint density at radius 1 is 0.822 bits per heavy atom. The van der Waals surface area contributed by atoms with Crippen LogP contribution in [0.2, 0.25) is 0 Å². The number of anilines is 3. The molecule has 0 fully saturated rings. The predicted octanol–water partition coefficient (Wildman–Crippen LogP) is 7.69. The summed E-state index contributed by atoms with van der Waals surface area (Å²) in [5.41, 5.74) is 10.2. The topological polar surface area (TPSA) is 123 Å². The number of nitrogens with two attached hydrogens (primary N) is 1. The number of esters is 2. The number of aryl methyl sites for hydroxylation is 1. The summed E-state index contributed by atoms with van der Waals surface area (Å²) in [4.78, 5) is 41.2. The number of ether oxygens (including phenoxy) is 2. The summed E-state index contributed by atoms with van der Waals surface area (Å²) < 4.78 is 11.1. The van der Waals surface area contributed by atoms with E-state index in [1.54, 1.807) is 0 Å². The predicted molar refractivity (Wildman–Crippen MR) is 183 cm³/mol. The smallest absolute Gasteiger partial charge is 0.326 e. The van der Waals surface area contributed by atoms with E-state index in [1.807, 2.05) is 84.0 Å². The van der Waals surface area contributed by atoms with E-state index in [9.17, 15) is 14.4 Å². The number of nitrogens with zero attached hydrogens (tertiary/aromatic N) is 1. The summed E-state index contributed by atoms with van der Waals surface area (Å²) in [6.45, 7) is 21.7. The van der Waals surface area contributed by atoms with Crippen LogP contribution < -0.4 is 21.3 Å². The number of hydrogen-bond donors (Lipinski definition) is 3. The van der Waals surface area contributed by atoms with E-state index in [-0.39, 0.29) is 30.2 Å². The van der Waals surface area contributed by atoms with E-state index in [0.29, 0.717) is 29.6 Å². The quantitative estimate of drug-likeness (QED) is 0.129. The molecule has 0 saturated carbocycles. The van der Waals surface area contributed by atoms with Gasteiger partial charge in [-0.1, -0.05) is 86.1 Å². The number of urea groups is 1. The molecule has 2 aromatic rings. The van der Waals surface area contributed by atoms with Gasteiger partial charge in [0.1, 0.15) is 6.04 Å². The lowest BCUT2D eigenvalue weighted by molar-refractivity contribution is -0.197. The molecule has 2 unspecified atom stereocenters. The number of amides is 2. The van der Waals surface area contributed by atoms with E-state index in [2.05, 4.69) is 43.2 Å². The van der Waals surface area contributed by atoms with Gasteiger partial charge in [-0.15, -0.1) is 0 Å². The normalized spacial score (nSPS) is 13.5. The summed E-state index contributed by atoms with van der Waals surface area (Å²) >= 11 is 0. The van der Waals surface area contributed by atoms with E-state index in [1.165, 1.54) is 0 Å². The third-order valence-corrected chi connectivity index (χ3v) is 7.48. The van der Waals surface area contributed by atoms with Gasteiger partial charge in [0.15, 0.2) is 0 Å². The number of nitrogens with one attached hydrogen (secondary N) is 2. The molecule has 0 spiro atoms. The van der Waals surface area contributed by atoms with Crippen LogP contribution in [0.5, 0.6) is 0 Å². The Hall–Kier alpha value is -3.59. The van der Waals surface area contributed by atoms with Crippen LogP contribution in [0.25, 0.3) is 0 Å². The molecule has 0 heterocycles. The molecule has 0 aromatic heterocycles. The van der Waals surface area contributed by atoms with Crippen LogP contribution in [0, 0.1) is 30.6 Å². The average Bonchev–Trinajstić information content (AvgIpc) is 2.95. The van der Waals surface area contributed by atoms with Crippen LogP contribution in [-0.4, -0.2) is 43.4 Å². The maximum Gasteiger partial charge on any atom is 0.326 e. The Morgan fingerprint density at radius 3 is 1.93 bits per heavy atom. The summed E-state index contributed by atoms with van der Waals surface area (Å²) in [5, 5.41) is 6.01. The van der Waals surface area contributed by atoms with Crippen LogP contribution in [-0.2, 0) is 19.1 Å². The van der Waals surface area contributed by atoms with E-state index >= 15 is 0 Å². The fraction of sp³-hybridized carbons (Fsp3) is 0.583. The Kier molecular flexibility index (Phi) is 14.9. The molecule has 0 radical (unpaired) electrons. The zero-order valence-corrected chi connectivity index (χ0v) is 29.0. The van der Waals surface area contributed by atoms with Gasteiger partial charge in [-0.3, -0.25) is 9.59 Å². The Balaban J connectivity index is 2.35. The van der Waals surface area contributed by atoms with Gasteiger partial charge in [-0.25, -0.2) is 4.79 Å². The molecular weight excluding hydrogens is 568 g/mol. The maximum atomic E-state index is 13.2. The number of carbonyl (C=O) groups excluding carboxylic acids is 3. The number of rotatable bonds is 16. The molecule has 0 bridgehead atoms. The first kappa shape index (κ1) is 37.6. The third kappa shape index (κ3) is 12.4. The van der Waals surface area contributed by atoms with Gasteiger partial charge in [0.05, 0.1) is 17.8 Å². The third-order valence-electron chi connectivity index (χ3n) is 7.48. The number of carbonyl (C=O) groups is 3. The first-order valence-electron chi connectivity index (χ1n) is 16.3. The molecule has 250 valence electrons. The summed E-state index contributed by atoms with van der Waals surface area (Å²) in [5.74, 6) is -0.769. The molecule has 45 heavy (non-hydrogen) atoms. The van der Waals surface area contributed by atoms with Crippen molar-refractivity contribution in [2.24, 2.45) is 29.4 Å². The lowest BCUT2D eigenvalue weighted by Gasteiger charge is -2.31. The van der Waals surface area contributed by atoms with Crippen LogP contribution in [0.1, 0.15) is 92.2 Å². The van der Waals surface area contributed by atoms with Crippen molar-refractivity contribution in [3.05, 3.63) is 53.6 Å². The van der Waals surface area contributed by atoms with Crippen LogP contribution in [0.4, 0.5) is 21.9 Å². The van der Waals surface area contributed by atoms with Gasteiger partial charge in [-0.05, 0) is 66.8 Å². The monoisotopic (exact) mass is 624 g/mol. The van der Waals surface area contributed by atoms with Crippen LogP contribution in [0.15, 0.2) is 42.5 Å². The molecule has 0 aliphatic heterocycles. The second kappa shape index (κ2) is 17.8. The summed E-state index contributed by atoms with van der Waals surface area (Å²) in [6, 6.07) is 12.5. The first-order chi connectivity index (χ1) is 21.1. The average molecular weight is 625 g/mol. The minimum absolute atomic E-state index is 0.0869. The SMILES string of the molecule is CCC(CC(=O)OC(OC(=O)[C@@H](N)C(C)C)C(C)C)c1ccc(N(CC(C)C)CC(C)C)c(NC(=O)Nc2ccc(C)cc2)c1. The second-order valence-corrected chi connectivity index (χ2v) is 13.5. The van der Waals surface area contributed by atoms with Crippen molar-refractivity contribution in [2.75, 3.05) is 28.6 Å². The molecule has 0 aliphatic carbocycles. The summed E-state index contributed by atoms with van der Waals surface area (Å²) in [6.07, 6.45) is -0.281. The maximum absolute atomic E-state index is 13.2. The zero-order valence-electron chi connectivity index (χ0n) is 29.0. The van der Waals surface area contributed by atoms with Gasteiger partial charge in [0.25, 0.3) is 0 Å². The molecule has 9 nitrogen and oxygen atoms in total. The van der Waals surface area contributed by atoms with Crippen molar-refractivity contribution in [1.29, 1.82) is 0 Å². The minimum atomic E-state index is -1.03. The van der Waals surface area contributed by atoms with Crippen LogP contribution >= 0.6 is 0 Å². The molecule has 4 N–H and O–H groups in total. The fourth-order valence-corrected chi connectivity index (χ4v) is 4.90. The van der Waals surface area contributed by atoms with Gasteiger partial charge in [0, 0.05) is 24.7 Å². The first-order valence-corrected chi connectivity index (χ1v) is 16.3. The van der Waals surface area contributed by atoms with Gasteiger partial charge >= 0.3 is 18.0 Å². The molecular formula is C36H56N4O5. The van der Waals surface area contributed by atoms with Crippen molar-refractivity contribution in [1.82, 2.24) is 0 Å². The van der Waals surface area contributed by atoms with Gasteiger partial charge < -0.3 is 30.7 Å². The molecule has 2 rings (SSSR count). The molecule has 9 heteroatoms. The molecule has 2 aromatic carbocycles. The van der Waals surface area contributed by atoms with Crippen molar-refractivity contribution in [3.8, 4) is 0 Å². The zero-order chi connectivity index (χ0) is 33.8.